The van der Waals surface area contributed by atoms with E-state index in [9.17, 15) is 24.3 Å². The summed E-state index contributed by atoms with van der Waals surface area (Å²) in [6.07, 6.45) is -3.90. The fraction of sp³-hybridized carbons (Fsp3) is 0.765. The predicted molar refractivity (Wildman–Crippen MR) is 88.0 cm³/mol. The number of carbonyl (C=O) groups excluding carboxylic acids is 4. The van der Waals surface area contributed by atoms with Gasteiger partial charge in [0.15, 0.2) is 0 Å². The molecule has 0 spiro atoms. The summed E-state index contributed by atoms with van der Waals surface area (Å²) in [5, 5.41) is 10.5. The van der Waals surface area contributed by atoms with Crippen LogP contribution in [0.2, 0.25) is 0 Å². The first kappa shape index (κ1) is 20.9. The van der Waals surface area contributed by atoms with E-state index in [4.69, 9.17) is 14.2 Å². The van der Waals surface area contributed by atoms with Crippen LogP contribution in [0.5, 0.6) is 0 Å². The Morgan fingerprint density at radius 2 is 1.81 bits per heavy atom. The van der Waals surface area contributed by atoms with Crippen molar-refractivity contribution in [1.82, 2.24) is 4.90 Å². The average Bonchev–Trinajstić information content (AvgIpc) is 2.75. The van der Waals surface area contributed by atoms with E-state index in [-0.39, 0.29) is 6.61 Å². The molecule has 2 aliphatic rings. The molecular formula is C17H25NO9. The van der Waals surface area contributed by atoms with Gasteiger partial charge in [-0.05, 0) is 13.8 Å². The second-order valence-electron chi connectivity index (χ2n) is 6.68. The molecule has 0 bridgehead atoms. The van der Waals surface area contributed by atoms with E-state index in [1.165, 1.54) is 18.7 Å². The summed E-state index contributed by atoms with van der Waals surface area (Å²) in [4.78, 5) is 48.7. The lowest BCUT2D eigenvalue weighted by Crippen LogP contribution is -2.67. The maximum Gasteiger partial charge on any atom is 0.511 e. The molecule has 10 heteroatoms. The first-order valence-corrected chi connectivity index (χ1v) is 8.81. The Hall–Kier alpha value is -2.36. The number of aliphatic hydroxyl groups excluding tert-OH is 1. The monoisotopic (exact) mass is 387 g/mol. The number of aliphatic hydroxyl groups is 1. The highest BCUT2D eigenvalue weighted by Gasteiger charge is 2.65. The third-order valence-electron chi connectivity index (χ3n) is 4.82. The van der Waals surface area contributed by atoms with E-state index in [0.717, 1.165) is 0 Å². The van der Waals surface area contributed by atoms with Crippen LogP contribution in [0, 0.1) is 11.8 Å². The molecule has 27 heavy (non-hydrogen) atoms. The van der Waals surface area contributed by atoms with E-state index in [2.05, 4.69) is 4.74 Å². The Balaban J connectivity index is 2.05. The molecule has 0 radical (unpaired) electrons. The third-order valence-corrected chi connectivity index (χ3v) is 4.82. The summed E-state index contributed by atoms with van der Waals surface area (Å²) in [6.45, 7) is 7.47. The zero-order valence-electron chi connectivity index (χ0n) is 15.9. The van der Waals surface area contributed by atoms with Crippen molar-refractivity contribution in [3.8, 4) is 0 Å². The number of nitrogens with zero attached hydrogens (tertiary/aromatic N) is 1. The van der Waals surface area contributed by atoms with E-state index >= 15 is 0 Å². The fourth-order valence-corrected chi connectivity index (χ4v) is 3.69. The molecule has 0 aromatic carbocycles. The van der Waals surface area contributed by atoms with Crippen LogP contribution in [0.1, 0.15) is 34.6 Å². The average molecular weight is 387 g/mol. The number of β-lactam (4-membered cyclic amide) rings is 1. The summed E-state index contributed by atoms with van der Waals surface area (Å²) < 4.78 is 19.5. The fourth-order valence-electron chi connectivity index (χ4n) is 3.69. The smallest absolute Gasteiger partial charge is 0.462 e. The van der Waals surface area contributed by atoms with Crippen LogP contribution in [0.15, 0.2) is 0 Å². The third kappa shape index (κ3) is 4.00. The van der Waals surface area contributed by atoms with Crippen molar-refractivity contribution in [1.29, 1.82) is 0 Å². The highest BCUT2D eigenvalue weighted by molar-refractivity contribution is 5.93. The lowest BCUT2D eigenvalue weighted by Gasteiger charge is -2.47. The number of fused-ring (bicyclic) bond motifs is 1. The molecule has 5 unspecified atom stereocenters. The quantitative estimate of drug-likeness (QED) is 0.294. The first-order chi connectivity index (χ1) is 12.6. The molecular weight excluding hydrogens is 362 g/mol. The molecule has 0 aromatic heterocycles. The van der Waals surface area contributed by atoms with Gasteiger partial charge in [0.2, 0.25) is 12.2 Å². The molecule has 2 heterocycles. The Bertz CT molecular complexity index is 622. The van der Waals surface area contributed by atoms with Gasteiger partial charge in [-0.1, -0.05) is 6.92 Å². The summed E-state index contributed by atoms with van der Waals surface area (Å²) in [5.74, 6) is -3.06. The SMILES string of the molecule is CCOC(=O)OC(C)OC(=O)C1C(C)C(O)[C@@H]2[C@@H](C(C)OC(C)=O)C(=O)N12. The number of ether oxygens (including phenoxy) is 4. The van der Waals surface area contributed by atoms with Gasteiger partial charge in [-0.15, -0.1) is 0 Å². The van der Waals surface area contributed by atoms with Gasteiger partial charge in [0.05, 0.1) is 24.7 Å². The summed E-state index contributed by atoms with van der Waals surface area (Å²) >= 11 is 0. The number of amides is 1. The van der Waals surface area contributed by atoms with E-state index < -0.39 is 66.4 Å². The van der Waals surface area contributed by atoms with E-state index in [1.54, 1.807) is 20.8 Å². The first-order valence-electron chi connectivity index (χ1n) is 8.81. The predicted octanol–water partition coefficient (Wildman–Crippen LogP) is 0.207. The Morgan fingerprint density at radius 1 is 1.19 bits per heavy atom. The second-order valence-corrected chi connectivity index (χ2v) is 6.68. The van der Waals surface area contributed by atoms with Crippen molar-refractivity contribution in [2.45, 2.75) is 65.2 Å². The molecule has 0 saturated carbocycles. The molecule has 2 rings (SSSR count). The zero-order valence-corrected chi connectivity index (χ0v) is 15.9. The van der Waals surface area contributed by atoms with Gasteiger partial charge in [-0.25, -0.2) is 9.59 Å². The number of carbonyl (C=O) groups is 4. The second kappa shape index (κ2) is 8.12. The van der Waals surface area contributed by atoms with Crippen molar-refractivity contribution >= 4 is 24.0 Å². The van der Waals surface area contributed by atoms with Gasteiger partial charge in [-0.2, -0.15) is 0 Å². The summed E-state index contributed by atoms with van der Waals surface area (Å²) in [5.41, 5.74) is 0. The van der Waals surface area contributed by atoms with Crippen LogP contribution in [-0.2, 0) is 33.3 Å². The number of hydrogen-bond acceptors (Lipinski definition) is 9. The van der Waals surface area contributed by atoms with Gasteiger partial charge >= 0.3 is 18.1 Å². The van der Waals surface area contributed by atoms with E-state index in [0.29, 0.717) is 0 Å². The maximum absolute atomic E-state index is 12.5. The van der Waals surface area contributed by atoms with Gasteiger partial charge < -0.3 is 29.0 Å². The van der Waals surface area contributed by atoms with Crippen molar-refractivity contribution in [2.24, 2.45) is 11.8 Å². The van der Waals surface area contributed by atoms with Crippen LogP contribution in [0.3, 0.4) is 0 Å². The van der Waals surface area contributed by atoms with Crippen molar-refractivity contribution in [3.63, 3.8) is 0 Å². The summed E-state index contributed by atoms with van der Waals surface area (Å²) in [7, 11) is 0. The zero-order chi connectivity index (χ0) is 20.5. The van der Waals surface area contributed by atoms with Gasteiger partial charge in [0.1, 0.15) is 12.1 Å². The molecule has 0 aliphatic carbocycles. The highest BCUT2D eigenvalue weighted by Crippen LogP contribution is 2.45. The highest BCUT2D eigenvalue weighted by atomic mass is 16.8. The molecule has 1 N–H and O–H groups in total. The van der Waals surface area contributed by atoms with Crippen LogP contribution < -0.4 is 0 Å². The minimum Gasteiger partial charge on any atom is -0.462 e. The number of rotatable bonds is 6. The Morgan fingerprint density at radius 3 is 2.37 bits per heavy atom. The summed E-state index contributed by atoms with van der Waals surface area (Å²) in [6, 6.07) is -1.67. The van der Waals surface area contributed by atoms with Crippen molar-refractivity contribution in [2.75, 3.05) is 6.61 Å². The molecule has 2 saturated heterocycles. The van der Waals surface area contributed by atoms with Gasteiger partial charge in [-0.3, -0.25) is 9.59 Å². The minimum atomic E-state index is -1.22. The lowest BCUT2D eigenvalue weighted by molar-refractivity contribution is -0.188. The molecule has 152 valence electrons. The van der Waals surface area contributed by atoms with Crippen LogP contribution in [-0.4, -0.2) is 71.2 Å². The van der Waals surface area contributed by atoms with Crippen molar-refractivity contribution < 1.29 is 43.2 Å². The molecule has 2 aliphatic heterocycles. The normalized spacial score (nSPS) is 31.3. The molecule has 0 aromatic rings. The Kier molecular flexibility index (Phi) is 6.30. The van der Waals surface area contributed by atoms with Gasteiger partial charge in [0, 0.05) is 19.8 Å². The molecule has 7 atom stereocenters. The minimum absolute atomic E-state index is 0.108. The molecule has 2 fully saturated rings. The Labute approximate surface area is 156 Å². The largest absolute Gasteiger partial charge is 0.511 e. The van der Waals surface area contributed by atoms with Crippen molar-refractivity contribution in [3.05, 3.63) is 0 Å². The topological polar surface area (TPSA) is 129 Å². The maximum atomic E-state index is 12.5. The van der Waals surface area contributed by atoms with Crippen LogP contribution in [0.25, 0.3) is 0 Å². The number of hydrogen-bond donors (Lipinski definition) is 1. The number of esters is 2. The molecule has 10 nitrogen and oxygen atoms in total. The van der Waals surface area contributed by atoms with Gasteiger partial charge in [0.25, 0.3) is 0 Å². The van der Waals surface area contributed by atoms with Crippen LogP contribution >= 0.6 is 0 Å². The van der Waals surface area contributed by atoms with E-state index in [1.807, 2.05) is 0 Å². The lowest BCUT2D eigenvalue weighted by atomic mass is 9.82. The molecule has 1 amide bonds. The standard InChI is InChI=1S/C17H25NO9/c1-6-24-17(23)27-10(5)26-16(22)12-7(2)14(20)13-11(15(21)18(12)13)8(3)25-9(4)19/h7-8,10-14,20H,6H2,1-5H3/t7?,8?,10?,11-,12?,13+,14?/m1/s1. The van der Waals surface area contributed by atoms with Crippen LogP contribution in [0.4, 0.5) is 4.79 Å².